The van der Waals surface area contributed by atoms with Crippen LogP contribution in [0, 0.1) is 10.1 Å². The lowest BCUT2D eigenvalue weighted by atomic mass is 10.3. The minimum atomic E-state index is -0.486. The minimum Gasteiger partial charge on any atom is -0.486 e. The Bertz CT molecular complexity index is 931. The Morgan fingerprint density at radius 2 is 2.07 bits per heavy atom. The highest BCUT2D eigenvalue weighted by molar-refractivity contribution is 6.02. The number of furan rings is 1. The summed E-state index contributed by atoms with van der Waals surface area (Å²) in [5.74, 6) is 0.590. The van der Waals surface area contributed by atoms with Crippen LogP contribution in [-0.4, -0.2) is 27.7 Å². The van der Waals surface area contributed by atoms with Gasteiger partial charge in [-0.3, -0.25) is 14.9 Å². The Morgan fingerprint density at radius 1 is 1.30 bits per heavy atom. The summed E-state index contributed by atoms with van der Waals surface area (Å²) in [5.41, 5.74) is 0.491. The van der Waals surface area contributed by atoms with E-state index in [1.165, 1.54) is 41.2 Å². The summed E-state index contributed by atoms with van der Waals surface area (Å²) >= 11 is 0. The van der Waals surface area contributed by atoms with E-state index in [1.807, 2.05) is 0 Å². The number of carbonyl (C=O) groups is 1. The Hall–Kier alpha value is -3.66. The Labute approximate surface area is 153 Å². The summed E-state index contributed by atoms with van der Waals surface area (Å²) in [6.45, 7) is 0.359. The van der Waals surface area contributed by atoms with Gasteiger partial charge in [0.15, 0.2) is 5.76 Å². The first-order valence-electron chi connectivity index (χ1n) is 7.84. The van der Waals surface area contributed by atoms with Crippen molar-refractivity contribution in [3.63, 3.8) is 0 Å². The van der Waals surface area contributed by atoms with Crippen LogP contribution >= 0.6 is 0 Å². The molecule has 0 radical (unpaired) electrons. The smallest absolute Gasteiger partial charge is 0.291 e. The van der Waals surface area contributed by atoms with Crippen LogP contribution < -0.4 is 10.1 Å². The van der Waals surface area contributed by atoms with Gasteiger partial charge in [0.2, 0.25) is 0 Å². The maximum atomic E-state index is 12.2. The first-order chi connectivity index (χ1) is 13.0. The molecular formula is C17H16N4O6. The molecule has 27 heavy (non-hydrogen) atoms. The number of benzene rings is 1. The molecule has 0 aliphatic heterocycles. The van der Waals surface area contributed by atoms with Gasteiger partial charge < -0.3 is 19.2 Å². The van der Waals surface area contributed by atoms with Gasteiger partial charge in [-0.05, 0) is 24.3 Å². The predicted molar refractivity (Wildman–Crippen MR) is 93.3 cm³/mol. The molecule has 0 bridgehead atoms. The molecule has 0 atom stereocenters. The van der Waals surface area contributed by atoms with Crippen molar-refractivity contribution in [3.8, 4) is 5.75 Å². The van der Waals surface area contributed by atoms with E-state index in [1.54, 1.807) is 19.4 Å². The number of nitro benzene ring substituents is 1. The maximum absolute atomic E-state index is 12.2. The molecule has 0 aliphatic carbocycles. The lowest BCUT2D eigenvalue weighted by molar-refractivity contribution is -0.384. The number of nitro groups is 1. The number of hydrogen-bond donors (Lipinski definition) is 1. The fourth-order valence-corrected chi connectivity index (χ4v) is 2.22. The molecule has 1 N–H and O–H groups in total. The van der Waals surface area contributed by atoms with Gasteiger partial charge in [-0.1, -0.05) is 0 Å². The van der Waals surface area contributed by atoms with E-state index >= 15 is 0 Å². The standard InChI is InChI=1S/C17H16N4O6/c1-25-11-20-9-12(8-18-20)19-17(22)16-7-6-15(27-16)10-26-14-4-2-13(3-5-14)21(23)24/h2-9H,10-11H2,1H3,(H,19,22). The van der Waals surface area contributed by atoms with Gasteiger partial charge in [-0.25, -0.2) is 4.68 Å². The number of amides is 1. The van der Waals surface area contributed by atoms with Crippen molar-refractivity contribution in [2.24, 2.45) is 0 Å². The van der Waals surface area contributed by atoms with Crippen molar-refractivity contribution in [2.75, 3.05) is 12.4 Å². The van der Waals surface area contributed by atoms with Crippen molar-refractivity contribution in [3.05, 3.63) is 70.4 Å². The van der Waals surface area contributed by atoms with Crippen molar-refractivity contribution in [1.29, 1.82) is 0 Å². The van der Waals surface area contributed by atoms with Gasteiger partial charge in [-0.2, -0.15) is 5.10 Å². The first-order valence-corrected chi connectivity index (χ1v) is 7.84. The number of rotatable bonds is 8. The summed E-state index contributed by atoms with van der Waals surface area (Å²) < 4.78 is 17.4. The monoisotopic (exact) mass is 372 g/mol. The topological polar surface area (TPSA) is 122 Å². The molecule has 0 saturated carbocycles. The average molecular weight is 372 g/mol. The third kappa shape index (κ3) is 4.70. The molecule has 2 aromatic heterocycles. The predicted octanol–water partition coefficient (Wildman–Crippen LogP) is 2.82. The summed E-state index contributed by atoms with van der Waals surface area (Å²) in [4.78, 5) is 22.3. The molecule has 0 unspecified atom stereocenters. The van der Waals surface area contributed by atoms with E-state index in [0.29, 0.717) is 17.2 Å². The normalized spacial score (nSPS) is 10.6. The van der Waals surface area contributed by atoms with Gasteiger partial charge in [-0.15, -0.1) is 0 Å². The van der Waals surface area contributed by atoms with E-state index in [4.69, 9.17) is 13.9 Å². The van der Waals surface area contributed by atoms with E-state index in [2.05, 4.69) is 10.4 Å². The van der Waals surface area contributed by atoms with Crippen LogP contribution in [0.15, 0.2) is 53.2 Å². The van der Waals surface area contributed by atoms with Crippen molar-refractivity contribution in [1.82, 2.24) is 9.78 Å². The van der Waals surface area contributed by atoms with Gasteiger partial charge in [0, 0.05) is 19.2 Å². The molecule has 140 valence electrons. The quantitative estimate of drug-likeness (QED) is 0.476. The third-order valence-corrected chi connectivity index (χ3v) is 3.47. The number of methoxy groups -OCH3 is 1. The second kappa shape index (κ2) is 8.15. The molecule has 1 amide bonds. The molecule has 2 heterocycles. The average Bonchev–Trinajstić information content (AvgIpc) is 3.30. The SMILES string of the molecule is COCn1cc(NC(=O)c2ccc(COc3ccc([N+](=O)[O-])cc3)o2)cn1. The zero-order valence-electron chi connectivity index (χ0n) is 14.3. The lowest BCUT2D eigenvalue weighted by Gasteiger charge is -2.03. The highest BCUT2D eigenvalue weighted by Gasteiger charge is 2.13. The number of non-ortho nitro benzene ring substituents is 1. The van der Waals surface area contributed by atoms with E-state index in [0.717, 1.165) is 0 Å². The first kappa shape index (κ1) is 18.1. The van der Waals surface area contributed by atoms with Crippen LogP contribution in [0.25, 0.3) is 0 Å². The molecule has 3 aromatic rings. The van der Waals surface area contributed by atoms with Crippen LogP contribution in [0.3, 0.4) is 0 Å². The van der Waals surface area contributed by atoms with Crippen LogP contribution in [0.2, 0.25) is 0 Å². The van der Waals surface area contributed by atoms with E-state index in [-0.39, 0.29) is 24.8 Å². The van der Waals surface area contributed by atoms with Crippen LogP contribution in [0.5, 0.6) is 5.75 Å². The number of carbonyl (C=O) groups excluding carboxylic acids is 1. The van der Waals surface area contributed by atoms with Gasteiger partial charge >= 0.3 is 0 Å². The highest BCUT2D eigenvalue weighted by Crippen LogP contribution is 2.19. The Balaban J connectivity index is 1.55. The van der Waals surface area contributed by atoms with Crippen LogP contribution in [0.4, 0.5) is 11.4 Å². The minimum absolute atomic E-state index is 0.0203. The number of nitrogens with one attached hydrogen (secondary N) is 1. The molecule has 0 aliphatic rings. The van der Waals surface area contributed by atoms with E-state index < -0.39 is 10.8 Å². The summed E-state index contributed by atoms with van der Waals surface area (Å²) in [6.07, 6.45) is 3.13. The van der Waals surface area contributed by atoms with E-state index in [9.17, 15) is 14.9 Å². The zero-order chi connectivity index (χ0) is 19.2. The molecule has 0 spiro atoms. The fourth-order valence-electron chi connectivity index (χ4n) is 2.22. The molecular weight excluding hydrogens is 356 g/mol. The number of nitrogens with zero attached hydrogens (tertiary/aromatic N) is 3. The van der Waals surface area contributed by atoms with Crippen molar-refractivity contribution >= 4 is 17.3 Å². The summed E-state index contributed by atoms with van der Waals surface area (Å²) in [6, 6.07) is 8.83. The highest BCUT2D eigenvalue weighted by atomic mass is 16.6. The number of anilines is 1. The van der Waals surface area contributed by atoms with Gasteiger partial charge in [0.05, 0.1) is 23.0 Å². The van der Waals surface area contributed by atoms with Gasteiger partial charge in [0.25, 0.3) is 11.6 Å². The van der Waals surface area contributed by atoms with Crippen LogP contribution in [-0.2, 0) is 18.1 Å². The zero-order valence-corrected chi connectivity index (χ0v) is 14.3. The number of hydrogen-bond acceptors (Lipinski definition) is 7. The molecule has 1 aromatic carbocycles. The summed E-state index contributed by atoms with van der Waals surface area (Å²) in [7, 11) is 1.54. The number of ether oxygens (including phenoxy) is 2. The molecule has 0 saturated heterocycles. The van der Waals surface area contributed by atoms with Gasteiger partial charge in [0.1, 0.15) is 24.8 Å². The summed E-state index contributed by atoms with van der Waals surface area (Å²) in [5, 5.41) is 17.3. The number of aromatic nitrogens is 2. The third-order valence-electron chi connectivity index (χ3n) is 3.47. The second-order valence-corrected chi connectivity index (χ2v) is 5.45. The maximum Gasteiger partial charge on any atom is 0.291 e. The van der Waals surface area contributed by atoms with Crippen LogP contribution in [0.1, 0.15) is 16.3 Å². The molecule has 3 rings (SSSR count). The molecule has 0 fully saturated rings. The van der Waals surface area contributed by atoms with Crippen molar-refractivity contribution < 1.29 is 23.6 Å². The lowest BCUT2D eigenvalue weighted by Crippen LogP contribution is -2.10. The molecule has 10 heteroatoms. The second-order valence-electron chi connectivity index (χ2n) is 5.45. The largest absolute Gasteiger partial charge is 0.486 e. The molecule has 10 nitrogen and oxygen atoms in total. The Kier molecular flexibility index (Phi) is 5.47. The van der Waals surface area contributed by atoms with Crippen molar-refractivity contribution in [2.45, 2.75) is 13.3 Å². The Morgan fingerprint density at radius 3 is 2.78 bits per heavy atom. The fraction of sp³-hybridized carbons (Fsp3) is 0.176.